The van der Waals surface area contributed by atoms with Gasteiger partial charge in [-0.3, -0.25) is 4.79 Å². The Bertz CT molecular complexity index is 375. The molecule has 0 spiro atoms. The molecule has 1 unspecified atom stereocenters. The van der Waals surface area contributed by atoms with Gasteiger partial charge >= 0.3 is 0 Å². The molecule has 0 aliphatic carbocycles. The van der Waals surface area contributed by atoms with Crippen LogP contribution < -0.4 is 0 Å². The van der Waals surface area contributed by atoms with Gasteiger partial charge in [0.1, 0.15) is 0 Å². The van der Waals surface area contributed by atoms with Crippen LogP contribution in [0.3, 0.4) is 0 Å². The fourth-order valence-electron chi connectivity index (χ4n) is 2.11. The maximum Gasteiger partial charge on any atom is 0.264 e. The molecular formula is C12H17NO2S. The molecule has 1 fully saturated rings. The van der Waals surface area contributed by atoms with Crippen LogP contribution in [-0.4, -0.2) is 35.6 Å². The minimum atomic E-state index is 0.141. The van der Waals surface area contributed by atoms with Crippen molar-refractivity contribution in [2.45, 2.75) is 19.8 Å². The number of amides is 1. The van der Waals surface area contributed by atoms with Gasteiger partial charge in [0.25, 0.3) is 5.91 Å². The van der Waals surface area contributed by atoms with Gasteiger partial charge in [0.15, 0.2) is 0 Å². The molecular weight excluding hydrogens is 222 g/mol. The first kappa shape index (κ1) is 11.6. The van der Waals surface area contributed by atoms with Crippen LogP contribution in [0.15, 0.2) is 11.4 Å². The predicted octanol–water partition coefficient (Wildman–Crippen LogP) is 1.76. The number of aliphatic hydroxyl groups is 1. The van der Waals surface area contributed by atoms with Gasteiger partial charge in [-0.05, 0) is 29.9 Å². The summed E-state index contributed by atoms with van der Waals surface area (Å²) in [5, 5.41) is 11.0. The zero-order valence-corrected chi connectivity index (χ0v) is 10.3. The van der Waals surface area contributed by atoms with Gasteiger partial charge in [0.05, 0.1) is 4.88 Å². The van der Waals surface area contributed by atoms with E-state index in [9.17, 15) is 4.79 Å². The van der Waals surface area contributed by atoms with E-state index in [1.54, 1.807) is 0 Å². The van der Waals surface area contributed by atoms with Crippen molar-refractivity contribution in [3.63, 3.8) is 0 Å². The molecule has 1 aromatic rings. The number of carbonyl (C=O) groups is 1. The highest BCUT2D eigenvalue weighted by molar-refractivity contribution is 7.12. The number of likely N-dealkylation sites (tertiary alicyclic amines) is 1. The molecule has 0 saturated carbocycles. The Kier molecular flexibility index (Phi) is 3.61. The van der Waals surface area contributed by atoms with Gasteiger partial charge in [-0.25, -0.2) is 0 Å². The van der Waals surface area contributed by atoms with Gasteiger partial charge in [0, 0.05) is 25.6 Å². The van der Waals surface area contributed by atoms with E-state index >= 15 is 0 Å². The van der Waals surface area contributed by atoms with E-state index in [1.165, 1.54) is 11.3 Å². The fourth-order valence-corrected chi connectivity index (χ4v) is 3.07. The Balaban J connectivity index is 2.08. The van der Waals surface area contributed by atoms with E-state index in [0.29, 0.717) is 6.54 Å². The Hall–Kier alpha value is -0.870. The number of rotatable bonds is 3. The lowest BCUT2D eigenvalue weighted by Crippen LogP contribution is -2.29. The number of aliphatic hydroxyl groups excluding tert-OH is 1. The number of thiophene rings is 1. The maximum absolute atomic E-state index is 12.2. The normalized spacial score (nSPS) is 20.4. The number of nitrogens with zero attached hydrogens (tertiary/aromatic N) is 1. The van der Waals surface area contributed by atoms with Crippen molar-refractivity contribution in [3.05, 3.63) is 21.9 Å². The average Bonchev–Trinajstić information content (AvgIpc) is 2.96. The molecule has 16 heavy (non-hydrogen) atoms. The molecule has 1 aromatic heterocycles. The number of hydrogen-bond acceptors (Lipinski definition) is 3. The van der Waals surface area contributed by atoms with Crippen molar-refractivity contribution in [1.29, 1.82) is 0 Å². The molecule has 2 heterocycles. The molecule has 1 amide bonds. The first-order chi connectivity index (χ1) is 7.76. The van der Waals surface area contributed by atoms with E-state index in [4.69, 9.17) is 5.11 Å². The summed E-state index contributed by atoms with van der Waals surface area (Å²) in [6, 6.07) is 2.03. The van der Waals surface area contributed by atoms with E-state index in [1.807, 2.05) is 16.3 Å². The molecule has 88 valence electrons. The highest BCUT2D eigenvalue weighted by Crippen LogP contribution is 2.23. The molecule has 1 aliphatic rings. The third-order valence-corrected chi connectivity index (χ3v) is 4.10. The van der Waals surface area contributed by atoms with Gasteiger partial charge in [-0.1, -0.05) is 6.92 Å². The predicted molar refractivity (Wildman–Crippen MR) is 64.8 cm³/mol. The Morgan fingerprint density at radius 2 is 2.50 bits per heavy atom. The molecule has 4 heteroatoms. The zero-order chi connectivity index (χ0) is 11.5. The average molecular weight is 239 g/mol. The minimum Gasteiger partial charge on any atom is -0.396 e. The standard InChI is InChI=1S/C12H17NO2S/c1-2-10-4-6-16-11(10)12(15)13-5-3-9(7-13)8-14/h4,6,9,14H,2-3,5,7-8H2,1H3. The molecule has 1 atom stereocenters. The smallest absolute Gasteiger partial charge is 0.264 e. The molecule has 0 bridgehead atoms. The number of aryl methyl sites for hydroxylation is 1. The topological polar surface area (TPSA) is 40.5 Å². The lowest BCUT2D eigenvalue weighted by molar-refractivity contribution is 0.0785. The molecule has 1 N–H and O–H groups in total. The summed E-state index contributed by atoms with van der Waals surface area (Å²) in [7, 11) is 0. The zero-order valence-electron chi connectivity index (χ0n) is 9.48. The SMILES string of the molecule is CCc1ccsc1C(=O)N1CCC(CO)C1. The molecule has 1 aliphatic heterocycles. The highest BCUT2D eigenvalue weighted by atomic mass is 32.1. The second-order valence-corrected chi connectivity index (χ2v) is 5.13. The molecule has 0 radical (unpaired) electrons. The van der Waals surface area contributed by atoms with Crippen LogP contribution in [-0.2, 0) is 6.42 Å². The van der Waals surface area contributed by atoms with Crippen LogP contribution in [0, 0.1) is 5.92 Å². The lowest BCUT2D eigenvalue weighted by Gasteiger charge is -2.15. The van der Waals surface area contributed by atoms with Crippen LogP contribution in [0.5, 0.6) is 0 Å². The summed E-state index contributed by atoms with van der Waals surface area (Å²) >= 11 is 1.52. The van der Waals surface area contributed by atoms with Crippen LogP contribution in [0.4, 0.5) is 0 Å². The first-order valence-electron chi connectivity index (χ1n) is 5.72. The third kappa shape index (κ3) is 2.13. The number of carbonyl (C=O) groups excluding carboxylic acids is 1. The van der Waals surface area contributed by atoms with E-state index in [2.05, 4.69) is 6.92 Å². The molecule has 3 nitrogen and oxygen atoms in total. The molecule has 0 aromatic carbocycles. The third-order valence-electron chi connectivity index (χ3n) is 3.15. The van der Waals surface area contributed by atoms with Gasteiger partial charge < -0.3 is 10.0 Å². The monoisotopic (exact) mass is 239 g/mol. The molecule has 2 rings (SSSR count). The van der Waals surface area contributed by atoms with Crippen molar-refractivity contribution < 1.29 is 9.90 Å². The first-order valence-corrected chi connectivity index (χ1v) is 6.60. The quantitative estimate of drug-likeness (QED) is 0.873. The molecule has 1 saturated heterocycles. The maximum atomic E-state index is 12.2. The van der Waals surface area contributed by atoms with Gasteiger partial charge in [0.2, 0.25) is 0 Å². The van der Waals surface area contributed by atoms with Gasteiger partial charge in [-0.2, -0.15) is 0 Å². The fraction of sp³-hybridized carbons (Fsp3) is 0.583. The van der Waals surface area contributed by atoms with Crippen LogP contribution in [0.25, 0.3) is 0 Å². The summed E-state index contributed by atoms with van der Waals surface area (Å²) in [6.07, 6.45) is 1.83. The van der Waals surface area contributed by atoms with Crippen molar-refractivity contribution >= 4 is 17.2 Å². The van der Waals surface area contributed by atoms with Crippen molar-refractivity contribution in [1.82, 2.24) is 4.90 Å². The van der Waals surface area contributed by atoms with Crippen molar-refractivity contribution in [3.8, 4) is 0 Å². The minimum absolute atomic E-state index is 0.141. The largest absolute Gasteiger partial charge is 0.396 e. The Labute approximate surface area is 99.7 Å². The second-order valence-electron chi connectivity index (χ2n) is 4.22. The summed E-state index contributed by atoms with van der Waals surface area (Å²) in [4.78, 5) is 14.9. The van der Waals surface area contributed by atoms with E-state index < -0.39 is 0 Å². The number of hydrogen-bond donors (Lipinski definition) is 1. The summed E-state index contributed by atoms with van der Waals surface area (Å²) in [6.45, 7) is 3.75. The Morgan fingerprint density at radius 1 is 1.69 bits per heavy atom. The van der Waals surface area contributed by atoms with Crippen molar-refractivity contribution in [2.24, 2.45) is 5.92 Å². The van der Waals surface area contributed by atoms with Crippen LogP contribution in [0.2, 0.25) is 0 Å². The van der Waals surface area contributed by atoms with Crippen molar-refractivity contribution in [2.75, 3.05) is 19.7 Å². The van der Waals surface area contributed by atoms with E-state index in [0.717, 1.165) is 29.8 Å². The Morgan fingerprint density at radius 3 is 3.12 bits per heavy atom. The summed E-state index contributed by atoms with van der Waals surface area (Å²) in [5.41, 5.74) is 1.14. The lowest BCUT2D eigenvalue weighted by atomic mass is 10.1. The highest BCUT2D eigenvalue weighted by Gasteiger charge is 2.27. The summed E-state index contributed by atoms with van der Waals surface area (Å²) in [5.74, 6) is 0.414. The van der Waals surface area contributed by atoms with Crippen LogP contribution in [0.1, 0.15) is 28.6 Å². The summed E-state index contributed by atoms with van der Waals surface area (Å²) < 4.78 is 0. The van der Waals surface area contributed by atoms with Crippen LogP contribution >= 0.6 is 11.3 Å². The van der Waals surface area contributed by atoms with E-state index in [-0.39, 0.29) is 18.4 Å². The van der Waals surface area contributed by atoms with Gasteiger partial charge in [-0.15, -0.1) is 11.3 Å². The second kappa shape index (κ2) is 4.97.